The zero-order valence-electron chi connectivity index (χ0n) is 12.8. The zero-order chi connectivity index (χ0) is 20.3. The van der Waals surface area contributed by atoms with Gasteiger partial charge in [-0.15, -0.1) is 0 Å². The number of ether oxygens (including phenoxy) is 2. The molecule has 12 heteroatoms. The molecule has 0 aliphatic carbocycles. The van der Waals surface area contributed by atoms with Crippen molar-refractivity contribution in [3.63, 3.8) is 0 Å². The van der Waals surface area contributed by atoms with Gasteiger partial charge in [0.25, 0.3) is 18.3 Å². The summed E-state index contributed by atoms with van der Waals surface area (Å²) in [7, 11) is 0. The van der Waals surface area contributed by atoms with Gasteiger partial charge in [0.15, 0.2) is 0 Å². The lowest BCUT2D eigenvalue weighted by molar-refractivity contribution is -0.271. The summed E-state index contributed by atoms with van der Waals surface area (Å²) >= 11 is 5.47. The van der Waals surface area contributed by atoms with E-state index in [4.69, 9.17) is 11.6 Å². The van der Waals surface area contributed by atoms with E-state index in [1.807, 2.05) is 0 Å². The van der Waals surface area contributed by atoms with Crippen molar-refractivity contribution < 1.29 is 49.8 Å². The summed E-state index contributed by atoms with van der Waals surface area (Å²) in [6, 6.07) is 2.13. The minimum atomic E-state index is -6.30. The molecule has 0 fully saturated rings. The Morgan fingerprint density at radius 2 is 1.73 bits per heavy atom. The van der Waals surface area contributed by atoms with E-state index in [1.54, 1.807) is 0 Å². The lowest BCUT2D eigenvalue weighted by atomic mass is 10.1. The third-order valence-electron chi connectivity index (χ3n) is 2.86. The molecular weight excluding hydrogens is 401 g/mol. The highest BCUT2D eigenvalue weighted by molar-refractivity contribution is 6.31. The highest BCUT2D eigenvalue weighted by atomic mass is 35.5. The van der Waals surface area contributed by atoms with Crippen LogP contribution in [0.1, 0.15) is 18.9 Å². The highest BCUT2D eigenvalue weighted by Gasteiger charge is 2.66. The van der Waals surface area contributed by atoms with E-state index in [1.165, 1.54) is 6.92 Å². The predicted molar refractivity (Wildman–Crippen MR) is 73.5 cm³/mol. The maximum Gasteiger partial charge on any atom is 0.461 e. The van der Waals surface area contributed by atoms with Crippen LogP contribution in [0.25, 0.3) is 0 Å². The molecule has 4 nitrogen and oxygen atoms in total. The van der Waals surface area contributed by atoms with E-state index < -0.39 is 59.3 Å². The van der Waals surface area contributed by atoms with Crippen molar-refractivity contribution in [1.82, 2.24) is 0 Å². The molecule has 0 spiro atoms. The topological polar surface area (TPSA) is 52.6 Å². The van der Waals surface area contributed by atoms with Crippen LogP contribution in [0.15, 0.2) is 18.2 Å². The molecule has 0 radical (unpaired) electrons. The van der Waals surface area contributed by atoms with E-state index in [2.05, 4.69) is 9.47 Å². The van der Waals surface area contributed by atoms with Gasteiger partial charge in [0, 0.05) is 10.6 Å². The zero-order valence-corrected chi connectivity index (χ0v) is 13.5. The van der Waals surface area contributed by atoms with Crippen LogP contribution in [0.5, 0.6) is 5.75 Å². The summed E-state index contributed by atoms with van der Waals surface area (Å²) in [6.45, 7) is 0.727. The smallest absolute Gasteiger partial charge is 0.461 e. The molecule has 0 heterocycles. The summed E-state index contributed by atoms with van der Waals surface area (Å²) < 4.78 is 97.9. The quantitative estimate of drug-likeness (QED) is 0.381. The highest BCUT2D eigenvalue weighted by Crippen LogP contribution is 2.38. The van der Waals surface area contributed by atoms with Crippen molar-refractivity contribution in [2.45, 2.75) is 31.6 Å². The standard InChI is InChI=1S/C14H10ClF7O4/c1-2-25-12(24)9(10(23)13(18,19)14(20,21)22)26-6-3-4-8(15)7(5-6)11(16)17/h3-5,9,11H,2H2,1H3. The average molecular weight is 411 g/mol. The molecule has 1 aromatic carbocycles. The molecule has 0 aliphatic rings. The number of halogens is 8. The van der Waals surface area contributed by atoms with Gasteiger partial charge in [-0.2, -0.15) is 22.0 Å². The number of carbonyl (C=O) groups excluding carboxylic acids is 2. The van der Waals surface area contributed by atoms with Gasteiger partial charge < -0.3 is 9.47 Å². The molecule has 0 aliphatic heterocycles. The van der Waals surface area contributed by atoms with Gasteiger partial charge in [-0.1, -0.05) is 11.6 Å². The number of ketones is 1. The number of esters is 1. The molecule has 0 saturated heterocycles. The van der Waals surface area contributed by atoms with E-state index in [0.29, 0.717) is 6.07 Å². The van der Waals surface area contributed by atoms with Gasteiger partial charge in [0.2, 0.25) is 0 Å². The van der Waals surface area contributed by atoms with E-state index >= 15 is 0 Å². The van der Waals surface area contributed by atoms with Gasteiger partial charge in [-0.05, 0) is 25.1 Å². The van der Waals surface area contributed by atoms with Crippen molar-refractivity contribution in [2.24, 2.45) is 0 Å². The van der Waals surface area contributed by atoms with Gasteiger partial charge in [0.05, 0.1) is 6.61 Å². The van der Waals surface area contributed by atoms with Crippen LogP contribution in [0.2, 0.25) is 5.02 Å². The fraction of sp³-hybridized carbons (Fsp3) is 0.429. The third kappa shape index (κ3) is 4.77. The average Bonchev–Trinajstić information content (AvgIpc) is 2.52. The largest absolute Gasteiger partial charge is 0.470 e. The predicted octanol–water partition coefficient (Wildman–Crippen LogP) is 4.35. The van der Waals surface area contributed by atoms with Gasteiger partial charge in [-0.3, -0.25) is 4.79 Å². The molecule has 1 rings (SSSR count). The fourth-order valence-corrected chi connectivity index (χ4v) is 1.83. The van der Waals surface area contributed by atoms with Crippen LogP contribution in [0.4, 0.5) is 30.7 Å². The molecule has 1 atom stereocenters. The Hall–Kier alpha value is -2.04. The first-order valence-corrected chi connectivity index (χ1v) is 7.10. The monoisotopic (exact) mass is 410 g/mol. The lowest BCUT2D eigenvalue weighted by Gasteiger charge is -2.23. The van der Waals surface area contributed by atoms with E-state index in [0.717, 1.165) is 12.1 Å². The second-order valence-corrected chi connectivity index (χ2v) is 5.08. The first-order chi connectivity index (χ1) is 11.8. The maximum absolute atomic E-state index is 13.2. The Morgan fingerprint density at radius 1 is 1.15 bits per heavy atom. The number of carbonyl (C=O) groups is 2. The van der Waals surface area contributed by atoms with Gasteiger partial charge in [0.1, 0.15) is 5.75 Å². The minimum absolute atomic E-state index is 0.452. The van der Waals surface area contributed by atoms with Crippen LogP contribution in [-0.2, 0) is 14.3 Å². The van der Waals surface area contributed by atoms with Crippen LogP contribution in [-0.4, -0.2) is 36.6 Å². The number of Topliss-reactive ketones (excluding diaryl/α,β-unsaturated/α-hetero) is 1. The van der Waals surface area contributed by atoms with Gasteiger partial charge >= 0.3 is 18.1 Å². The van der Waals surface area contributed by atoms with Crippen molar-refractivity contribution in [3.05, 3.63) is 28.8 Å². The van der Waals surface area contributed by atoms with Crippen LogP contribution < -0.4 is 4.74 Å². The van der Waals surface area contributed by atoms with Crippen LogP contribution in [0.3, 0.4) is 0 Å². The van der Waals surface area contributed by atoms with Crippen LogP contribution >= 0.6 is 11.6 Å². The van der Waals surface area contributed by atoms with E-state index in [-0.39, 0.29) is 0 Å². The molecule has 146 valence electrons. The molecule has 1 aromatic rings. The number of alkyl halides is 7. The normalized spacial score (nSPS) is 13.5. The number of hydrogen-bond acceptors (Lipinski definition) is 4. The third-order valence-corrected chi connectivity index (χ3v) is 3.20. The molecule has 0 amide bonds. The first kappa shape index (κ1) is 22.0. The summed E-state index contributed by atoms with van der Waals surface area (Å²) in [5.74, 6) is -11.5. The number of hydrogen-bond donors (Lipinski definition) is 0. The summed E-state index contributed by atoms with van der Waals surface area (Å²) in [5.41, 5.74) is -0.846. The van der Waals surface area contributed by atoms with Gasteiger partial charge in [-0.25, -0.2) is 13.6 Å². The number of rotatable bonds is 7. The molecule has 26 heavy (non-hydrogen) atoms. The summed E-state index contributed by atoms with van der Waals surface area (Å²) in [4.78, 5) is 23.2. The second-order valence-electron chi connectivity index (χ2n) is 4.67. The lowest BCUT2D eigenvalue weighted by Crippen LogP contribution is -2.53. The van der Waals surface area contributed by atoms with Crippen molar-refractivity contribution in [3.8, 4) is 5.75 Å². The Labute approximate surface area is 146 Å². The van der Waals surface area contributed by atoms with E-state index in [9.17, 15) is 40.3 Å². The van der Waals surface area contributed by atoms with Crippen molar-refractivity contribution in [2.75, 3.05) is 6.61 Å². The molecular formula is C14H10ClF7O4. The Kier molecular flexibility index (Phi) is 6.86. The molecule has 0 bridgehead atoms. The Bertz CT molecular complexity index is 676. The Balaban J connectivity index is 3.27. The molecule has 1 unspecified atom stereocenters. The molecule has 0 N–H and O–H groups in total. The SMILES string of the molecule is CCOC(=O)C(Oc1ccc(Cl)c(C(F)F)c1)C(=O)C(F)(F)C(F)(F)F. The first-order valence-electron chi connectivity index (χ1n) is 6.72. The van der Waals surface area contributed by atoms with Crippen molar-refractivity contribution in [1.29, 1.82) is 0 Å². The van der Waals surface area contributed by atoms with Crippen LogP contribution in [0, 0.1) is 0 Å². The van der Waals surface area contributed by atoms with Crippen molar-refractivity contribution >= 4 is 23.4 Å². The summed E-state index contributed by atoms with van der Waals surface area (Å²) in [6.07, 6.45) is -12.5. The summed E-state index contributed by atoms with van der Waals surface area (Å²) in [5, 5.41) is -0.452. The minimum Gasteiger partial charge on any atom is -0.470 e. The second kappa shape index (κ2) is 8.11. The molecule has 0 saturated carbocycles. The fourth-order valence-electron chi connectivity index (χ4n) is 1.63. The molecule has 0 aromatic heterocycles. The maximum atomic E-state index is 13.2. The number of benzene rings is 1. The Morgan fingerprint density at radius 3 is 2.19 bits per heavy atom.